The zero-order valence-corrected chi connectivity index (χ0v) is 16.0. The predicted molar refractivity (Wildman–Crippen MR) is 85.9 cm³/mol. The standard InChI is InChI=1S/C9H12P.C9H7.2FH.Zr/c1-2-6-10-7-8-4-3-5-9(8)10;1-2-5-9-7-3-6-8(9)4-1;;;/h4H,2-3,6-7H2,1H3;1-7H;2*1H;/q2*-1;;;+4/p-2. The Labute approximate surface area is 151 Å². The molecule has 1 fully saturated rings. The number of allylic oxidation sites excluding steroid dienone is 4. The van der Waals surface area contributed by atoms with E-state index in [0.29, 0.717) is 7.92 Å². The minimum atomic E-state index is 0. The molecular formula is C18H19F2PZr. The Hall–Kier alpha value is -0.517. The van der Waals surface area contributed by atoms with E-state index >= 15 is 0 Å². The summed E-state index contributed by atoms with van der Waals surface area (Å²) in [5, 5.41) is 4.28. The molecule has 0 N–H and O–H groups in total. The Bertz CT molecular complexity index is 601. The Morgan fingerprint density at radius 2 is 1.95 bits per heavy atom. The predicted octanol–water partition coefficient (Wildman–Crippen LogP) is -0.527. The third-order valence-corrected chi connectivity index (χ3v) is 6.43. The van der Waals surface area contributed by atoms with Crippen LogP contribution >= 0.6 is 7.92 Å². The van der Waals surface area contributed by atoms with Gasteiger partial charge >= 0.3 is 26.2 Å². The van der Waals surface area contributed by atoms with E-state index in [1.54, 1.807) is 10.9 Å². The van der Waals surface area contributed by atoms with Gasteiger partial charge in [-0.3, -0.25) is 6.08 Å². The van der Waals surface area contributed by atoms with Crippen LogP contribution in [0.25, 0.3) is 10.8 Å². The number of fused-ring (bicyclic) bond motifs is 2. The summed E-state index contributed by atoms with van der Waals surface area (Å²) < 4.78 is 0. The maximum atomic E-state index is 3.44. The molecule has 0 saturated carbocycles. The van der Waals surface area contributed by atoms with Crippen LogP contribution in [0.1, 0.15) is 19.8 Å². The average Bonchev–Trinajstić information content (AvgIpc) is 3.03. The van der Waals surface area contributed by atoms with Crippen molar-refractivity contribution in [3.63, 3.8) is 0 Å². The van der Waals surface area contributed by atoms with Crippen LogP contribution in [0, 0.1) is 6.08 Å². The first-order chi connectivity index (χ1) is 9.38. The Morgan fingerprint density at radius 1 is 1.18 bits per heavy atom. The molecule has 0 amide bonds. The summed E-state index contributed by atoms with van der Waals surface area (Å²) in [4.78, 5) is 0. The topological polar surface area (TPSA) is 0 Å². The van der Waals surface area contributed by atoms with Crippen LogP contribution in [-0.4, -0.2) is 12.3 Å². The largest absolute Gasteiger partial charge is 4.00 e. The second-order valence-corrected chi connectivity index (χ2v) is 7.33. The van der Waals surface area contributed by atoms with Gasteiger partial charge in [-0.1, -0.05) is 25.6 Å². The molecule has 0 bridgehead atoms. The first-order valence-corrected chi connectivity index (χ1v) is 8.75. The van der Waals surface area contributed by atoms with Gasteiger partial charge in [0, 0.05) is 0 Å². The summed E-state index contributed by atoms with van der Waals surface area (Å²) in [6.45, 7) is 2.28. The van der Waals surface area contributed by atoms with E-state index in [9.17, 15) is 0 Å². The summed E-state index contributed by atoms with van der Waals surface area (Å²) in [7, 11) is 0.299. The van der Waals surface area contributed by atoms with E-state index in [1.165, 1.54) is 29.5 Å². The molecule has 1 aliphatic heterocycles. The molecule has 2 aromatic rings. The molecule has 0 nitrogen and oxygen atoms in total. The van der Waals surface area contributed by atoms with Crippen molar-refractivity contribution in [2.45, 2.75) is 19.8 Å². The second-order valence-electron chi connectivity index (χ2n) is 5.04. The molecule has 1 atom stereocenters. The third kappa shape index (κ3) is 4.74. The van der Waals surface area contributed by atoms with E-state index in [2.05, 4.69) is 61.5 Å². The van der Waals surface area contributed by atoms with Crippen molar-refractivity contribution in [3.8, 4) is 0 Å². The summed E-state index contributed by atoms with van der Waals surface area (Å²) in [5.41, 5.74) is 1.62. The Balaban J connectivity index is 0.000000354. The normalized spacial score (nSPS) is 17.2. The summed E-state index contributed by atoms with van der Waals surface area (Å²) in [5.74, 6) is 0. The summed E-state index contributed by atoms with van der Waals surface area (Å²) in [6.07, 6.45) is 11.1. The van der Waals surface area contributed by atoms with E-state index < -0.39 is 0 Å². The fourth-order valence-electron chi connectivity index (χ4n) is 2.66. The van der Waals surface area contributed by atoms with Crippen LogP contribution in [-0.2, 0) is 26.2 Å². The average molecular weight is 396 g/mol. The van der Waals surface area contributed by atoms with Gasteiger partial charge in [0.05, 0.1) is 0 Å². The number of halogens is 2. The monoisotopic (exact) mass is 394 g/mol. The number of hydrogen-bond donors (Lipinski definition) is 0. The van der Waals surface area contributed by atoms with Crippen molar-refractivity contribution in [2.24, 2.45) is 0 Å². The zero-order valence-electron chi connectivity index (χ0n) is 12.7. The molecule has 1 aliphatic carbocycles. The number of rotatable bonds is 2. The van der Waals surface area contributed by atoms with E-state index in [0.717, 1.165) is 6.42 Å². The Kier molecular flexibility index (Phi) is 10.1. The van der Waals surface area contributed by atoms with Crippen molar-refractivity contribution in [3.05, 3.63) is 65.5 Å². The van der Waals surface area contributed by atoms with Crippen molar-refractivity contribution in [1.29, 1.82) is 0 Å². The molecule has 1 unspecified atom stereocenters. The maximum Gasteiger partial charge on any atom is 4.00 e. The molecule has 2 aromatic carbocycles. The molecule has 114 valence electrons. The molecule has 1 saturated heterocycles. The molecule has 1 heterocycles. The van der Waals surface area contributed by atoms with Gasteiger partial charge in [0.1, 0.15) is 0 Å². The van der Waals surface area contributed by atoms with E-state index in [4.69, 9.17) is 0 Å². The Morgan fingerprint density at radius 3 is 2.64 bits per heavy atom. The molecular weight excluding hydrogens is 376 g/mol. The summed E-state index contributed by atoms with van der Waals surface area (Å²) in [6, 6.07) is 14.7. The van der Waals surface area contributed by atoms with Crippen molar-refractivity contribution < 1.29 is 35.6 Å². The van der Waals surface area contributed by atoms with Crippen molar-refractivity contribution in [1.82, 2.24) is 0 Å². The minimum Gasteiger partial charge on any atom is -1.00 e. The van der Waals surface area contributed by atoms with Gasteiger partial charge in [-0.2, -0.15) is 34.5 Å². The fraction of sp³-hybridized carbons (Fsp3) is 0.278. The maximum absolute atomic E-state index is 3.44. The van der Waals surface area contributed by atoms with E-state index in [-0.39, 0.29) is 35.6 Å². The quantitative estimate of drug-likeness (QED) is 0.474. The van der Waals surface area contributed by atoms with Crippen molar-refractivity contribution >= 4 is 18.7 Å². The smallest absolute Gasteiger partial charge is 1.00 e. The number of benzene rings is 1. The van der Waals surface area contributed by atoms with Crippen LogP contribution in [0.15, 0.2) is 59.4 Å². The van der Waals surface area contributed by atoms with Crippen LogP contribution in [0.2, 0.25) is 0 Å². The van der Waals surface area contributed by atoms with Gasteiger partial charge in [0.2, 0.25) is 0 Å². The molecule has 4 rings (SSSR count). The minimum absolute atomic E-state index is 0. The first-order valence-electron chi connectivity index (χ1n) is 7.04. The second kappa shape index (κ2) is 10.3. The summed E-state index contributed by atoms with van der Waals surface area (Å²) >= 11 is 0. The van der Waals surface area contributed by atoms with Crippen LogP contribution in [0.5, 0.6) is 0 Å². The number of hydrogen-bond acceptors (Lipinski definition) is 0. The molecule has 22 heavy (non-hydrogen) atoms. The van der Waals surface area contributed by atoms with Gasteiger partial charge < -0.3 is 9.41 Å². The van der Waals surface area contributed by atoms with Gasteiger partial charge in [-0.25, -0.2) is 0 Å². The van der Waals surface area contributed by atoms with Crippen molar-refractivity contribution in [2.75, 3.05) is 12.3 Å². The van der Waals surface area contributed by atoms with Crippen LogP contribution in [0.3, 0.4) is 0 Å². The SMILES string of the molecule is CCCP1CC2=CC[C-]=C21.[F-].[F-].[Zr+4].c1ccc2[cH-]ccc2c1. The first kappa shape index (κ1) is 21.5. The molecule has 0 spiro atoms. The third-order valence-electron chi connectivity index (χ3n) is 3.64. The molecule has 2 aliphatic rings. The molecule has 4 heteroatoms. The van der Waals surface area contributed by atoms with Crippen LogP contribution < -0.4 is 9.41 Å². The van der Waals surface area contributed by atoms with Gasteiger partial charge in [0.25, 0.3) is 0 Å². The van der Waals surface area contributed by atoms with Gasteiger partial charge in [-0.05, 0) is 6.16 Å². The van der Waals surface area contributed by atoms with Gasteiger partial charge in [-0.15, -0.1) is 44.0 Å². The fourth-order valence-corrected chi connectivity index (χ4v) is 5.06. The molecule has 0 radical (unpaired) electrons. The van der Waals surface area contributed by atoms with Gasteiger partial charge in [0.15, 0.2) is 0 Å². The molecule has 0 aromatic heterocycles. The van der Waals surface area contributed by atoms with Crippen LogP contribution in [0.4, 0.5) is 0 Å². The van der Waals surface area contributed by atoms with E-state index in [1.807, 2.05) is 0 Å². The zero-order chi connectivity index (χ0) is 13.1.